The van der Waals surface area contributed by atoms with Crippen molar-refractivity contribution in [2.24, 2.45) is 0 Å². The summed E-state index contributed by atoms with van der Waals surface area (Å²) in [4.78, 5) is 20.7. The van der Waals surface area contributed by atoms with E-state index in [0.717, 1.165) is 0 Å². The number of hydrogen-bond acceptors (Lipinski definition) is 3. The molecule has 2 aliphatic rings. The number of carboxylic acids is 2. The first-order valence-corrected chi connectivity index (χ1v) is 7.27. The molecule has 5 nitrogen and oxygen atoms in total. The van der Waals surface area contributed by atoms with Crippen molar-refractivity contribution >= 4 is 11.9 Å². The van der Waals surface area contributed by atoms with Crippen molar-refractivity contribution in [2.75, 3.05) is 7.05 Å². The number of fused-ring (bicyclic) bond motifs is 8. The SMILES string of the molecule is CN1C2c3ccccc3C1(C)c1ccccc12.O=C(O)C(=O)O. The summed E-state index contributed by atoms with van der Waals surface area (Å²) in [6.45, 7) is 2.34. The molecule has 0 amide bonds. The van der Waals surface area contributed by atoms with Crippen molar-refractivity contribution < 1.29 is 19.8 Å². The van der Waals surface area contributed by atoms with Crippen molar-refractivity contribution in [1.82, 2.24) is 4.90 Å². The Morgan fingerprint density at radius 3 is 1.70 bits per heavy atom. The average Bonchev–Trinajstić information content (AvgIpc) is 2.91. The number of carboxylic acid groups (broad SMARTS) is 2. The highest BCUT2D eigenvalue weighted by molar-refractivity contribution is 6.27. The van der Waals surface area contributed by atoms with Crippen LogP contribution in [0.5, 0.6) is 0 Å². The van der Waals surface area contributed by atoms with E-state index < -0.39 is 11.9 Å². The summed E-state index contributed by atoms with van der Waals surface area (Å²) >= 11 is 0. The molecule has 0 atom stereocenters. The molecule has 0 unspecified atom stereocenters. The Hall–Kier alpha value is -2.66. The van der Waals surface area contributed by atoms with Gasteiger partial charge in [-0.05, 0) is 36.2 Å². The molecule has 0 saturated carbocycles. The summed E-state index contributed by atoms with van der Waals surface area (Å²) in [6.07, 6.45) is 0. The lowest BCUT2D eigenvalue weighted by Gasteiger charge is -2.30. The monoisotopic (exact) mass is 311 g/mol. The van der Waals surface area contributed by atoms with E-state index in [2.05, 4.69) is 67.4 Å². The van der Waals surface area contributed by atoms with E-state index in [1.54, 1.807) is 0 Å². The van der Waals surface area contributed by atoms with Gasteiger partial charge < -0.3 is 10.2 Å². The second-order valence-electron chi connectivity index (χ2n) is 5.87. The van der Waals surface area contributed by atoms with Crippen LogP contribution < -0.4 is 0 Å². The van der Waals surface area contributed by atoms with Crippen LogP contribution in [0.15, 0.2) is 48.5 Å². The molecule has 118 valence electrons. The normalized spacial score (nSPS) is 23.5. The molecule has 4 rings (SSSR count). The van der Waals surface area contributed by atoms with E-state index in [1.165, 1.54) is 22.3 Å². The molecule has 0 saturated heterocycles. The molecule has 5 heteroatoms. The van der Waals surface area contributed by atoms with Crippen LogP contribution in [0.4, 0.5) is 0 Å². The van der Waals surface area contributed by atoms with Crippen molar-refractivity contribution in [3.05, 3.63) is 70.8 Å². The Balaban J connectivity index is 0.000000227. The van der Waals surface area contributed by atoms with E-state index in [9.17, 15) is 0 Å². The Morgan fingerprint density at radius 2 is 1.30 bits per heavy atom. The number of hydrogen-bond donors (Lipinski definition) is 2. The molecule has 2 heterocycles. The van der Waals surface area contributed by atoms with Crippen LogP contribution in [-0.4, -0.2) is 34.1 Å². The summed E-state index contributed by atoms with van der Waals surface area (Å²) in [5.41, 5.74) is 5.99. The maximum atomic E-state index is 9.10. The van der Waals surface area contributed by atoms with Gasteiger partial charge in [-0.1, -0.05) is 48.5 Å². The van der Waals surface area contributed by atoms with Crippen LogP contribution in [0.3, 0.4) is 0 Å². The first-order chi connectivity index (χ1) is 10.9. The summed E-state index contributed by atoms with van der Waals surface area (Å²) in [6, 6.07) is 18.2. The largest absolute Gasteiger partial charge is 0.473 e. The van der Waals surface area contributed by atoms with E-state index in [-0.39, 0.29) is 5.54 Å². The second kappa shape index (κ2) is 5.21. The van der Waals surface area contributed by atoms with Gasteiger partial charge in [0.25, 0.3) is 0 Å². The molecule has 2 aliphatic heterocycles. The lowest BCUT2D eigenvalue weighted by molar-refractivity contribution is -0.159. The minimum absolute atomic E-state index is 0.0673. The van der Waals surface area contributed by atoms with Crippen LogP contribution >= 0.6 is 0 Å². The number of nitrogens with zero attached hydrogens (tertiary/aromatic N) is 1. The number of carbonyl (C=O) groups is 2. The van der Waals surface area contributed by atoms with Gasteiger partial charge in [-0.25, -0.2) is 9.59 Å². The topological polar surface area (TPSA) is 77.8 Å². The number of aliphatic carboxylic acids is 2. The van der Waals surface area contributed by atoms with Crippen LogP contribution in [-0.2, 0) is 15.1 Å². The quantitative estimate of drug-likeness (QED) is 0.731. The molecule has 23 heavy (non-hydrogen) atoms. The van der Waals surface area contributed by atoms with Crippen molar-refractivity contribution in [3.63, 3.8) is 0 Å². The maximum absolute atomic E-state index is 9.10. The Labute approximate surface area is 133 Å². The third-order valence-corrected chi connectivity index (χ3v) is 4.84. The van der Waals surface area contributed by atoms with E-state index in [0.29, 0.717) is 6.04 Å². The van der Waals surface area contributed by atoms with Gasteiger partial charge in [-0.15, -0.1) is 0 Å². The molecule has 0 fully saturated rings. The Morgan fingerprint density at radius 1 is 0.913 bits per heavy atom. The standard InChI is InChI=1S/C16H15N.C2H2O4/c1-16-13-9-5-3-7-11(13)15(17(16)2)12-8-4-6-10-14(12)16;3-1(4)2(5)6/h3-10,15H,1-2H3;(H,3,4)(H,5,6). The van der Waals surface area contributed by atoms with Gasteiger partial charge >= 0.3 is 11.9 Å². The zero-order chi connectivity index (χ0) is 16.8. The predicted molar refractivity (Wildman–Crippen MR) is 84.2 cm³/mol. The number of rotatable bonds is 0. The van der Waals surface area contributed by atoms with Crippen LogP contribution in [0, 0.1) is 0 Å². The molecular weight excluding hydrogens is 294 g/mol. The summed E-state index contributed by atoms with van der Waals surface area (Å²) < 4.78 is 0. The zero-order valence-corrected chi connectivity index (χ0v) is 12.9. The second-order valence-corrected chi connectivity index (χ2v) is 5.87. The first-order valence-electron chi connectivity index (χ1n) is 7.27. The highest BCUT2D eigenvalue weighted by Gasteiger charge is 2.53. The molecule has 0 aromatic heterocycles. The average molecular weight is 311 g/mol. The van der Waals surface area contributed by atoms with Crippen molar-refractivity contribution in [1.29, 1.82) is 0 Å². The van der Waals surface area contributed by atoms with Crippen LogP contribution in [0.1, 0.15) is 35.2 Å². The van der Waals surface area contributed by atoms with Gasteiger partial charge in [-0.3, -0.25) is 4.90 Å². The van der Waals surface area contributed by atoms with Gasteiger partial charge in [0.05, 0.1) is 11.6 Å². The summed E-state index contributed by atoms with van der Waals surface area (Å²) in [7, 11) is 2.24. The lowest BCUT2D eigenvalue weighted by Crippen LogP contribution is -2.32. The molecule has 2 aromatic rings. The smallest absolute Gasteiger partial charge is 0.414 e. The molecule has 2 N–H and O–H groups in total. The fourth-order valence-electron chi connectivity index (χ4n) is 3.73. The fraction of sp³-hybridized carbons (Fsp3) is 0.222. The fourth-order valence-corrected chi connectivity index (χ4v) is 3.73. The van der Waals surface area contributed by atoms with Gasteiger partial charge in [0.15, 0.2) is 0 Å². The zero-order valence-electron chi connectivity index (χ0n) is 12.9. The maximum Gasteiger partial charge on any atom is 0.414 e. The van der Waals surface area contributed by atoms with Crippen molar-refractivity contribution in [2.45, 2.75) is 18.5 Å². The van der Waals surface area contributed by atoms with Gasteiger partial charge in [0.1, 0.15) is 0 Å². The Bertz CT molecular complexity index is 740. The lowest BCUT2D eigenvalue weighted by atomic mass is 9.78. The van der Waals surface area contributed by atoms with Gasteiger partial charge in [0.2, 0.25) is 0 Å². The molecule has 0 aliphatic carbocycles. The molecule has 2 bridgehead atoms. The van der Waals surface area contributed by atoms with E-state index in [4.69, 9.17) is 19.8 Å². The molecule has 2 aromatic carbocycles. The third kappa shape index (κ3) is 2.04. The highest BCUT2D eigenvalue weighted by atomic mass is 16.4. The van der Waals surface area contributed by atoms with Crippen LogP contribution in [0.25, 0.3) is 0 Å². The minimum atomic E-state index is -1.82. The summed E-state index contributed by atoms with van der Waals surface area (Å²) in [5.74, 6) is -3.65. The predicted octanol–water partition coefficient (Wildman–Crippen LogP) is 2.45. The van der Waals surface area contributed by atoms with Crippen LogP contribution in [0.2, 0.25) is 0 Å². The third-order valence-electron chi connectivity index (χ3n) is 4.84. The van der Waals surface area contributed by atoms with Crippen molar-refractivity contribution in [3.8, 4) is 0 Å². The molecular formula is C18H17NO4. The van der Waals surface area contributed by atoms with Gasteiger partial charge in [-0.2, -0.15) is 0 Å². The number of benzene rings is 2. The van der Waals surface area contributed by atoms with Gasteiger partial charge in [0, 0.05) is 0 Å². The minimum Gasteiger partial charge on any atom is -0.473 e. The molecule has 0 spiro atoms. The first kappa shape index (κ1) is 15.2. The molecule has 0 radical (unpaired) electrons. The Kier molecular flexibility index (Phi) is 3.45. The highest BCUT2D eigenvalue weighted by Crippen LogP contribution is 2.58. The van der Waals surface area contributed by atoms with E-state index in [1.807, 2.05) is 0 Å². The summed E-state index contributed by atoms with van der Waals surface area (Å²) in [5, 5.41) is 14.8. The van der Waals surface area contributed by atoms with E-state index >= 15 is 0 Å².